The molecule has 1 aliphatic rings. The summed E-state index contributed by atoms with van der Waals surface area (Å²) >= 11 is 6.19. The van der Waals surface area contributed by atoms with E-state index in [9.17, 15) is 8.42 Å². The van der Waals surface area contributed by atoms with E-state index in [1.807, 2.05) is 54.9 Å². The number of hydrogen-bond donors (Lipinski definition) is 1. The van der Waals surface area contributed by atoms with Crippen LogP contribution in [0.1, 0.15) is 28.3 Å². The van der Waals surface area contributed by atoms with E-state index < -0.39 is 10.0 Å². The predicted molar refractivity (Wildman–Crippen MR) is 156 cm³/mol. The van der Waals surface area contributed by atoms with Gasteiger partial charge in [-0.25, -0.2) is 8.42 Å². The standard InChI is InChI=1S/C30H29ClN4O3S/c1-39(36,37)34-26-10-12-27(13-11-26)38-21-29-33-30(23-6-8-25(31)9-7-23)28-5-3-2-4-24(28)20-35(29)19-16-22-14-17-32-18-15-22/h2-15,17-18,30,34H,16,19-21H2,1H3. The minimum atomic E-state index is -3.35. The van der Waals surface area contributed by atoms with Crippen molar-refractivity contribution in [3.05, 3.63) is 125 Å². The maximum atomic E-state index is 11.5. The summed E-state index contributed by atoms with van der Waals surface area (Å²) in [6.45, 7) is 1.71. The van der Waals surface area contributed by atoms with Gasteiger partial charge in [-0.05, 0) is 77.2 Å². The number of benzene rings is 3. The van der Waals surface area contributed by atoms with Gasteiger partial charge in [-0.1, -0.05) is 48.0 Å². The fourth-order valence-corrected chi connectivity index (χ4v) is 5.26. The summed E-state index contributed by atoms with van der Waals surface area (Å²) < 4.78 is 31.7. The molecule has 39 heavy (non-hydrogen) atoms. The number of hydrogen-bond acceptors (Lipinski definition) is 6. The molecule has 5 rings (SSSR count). The second kappa shape index (κ2) is 11.9. The van der Waals surface area contributed by atoms with Crippen LogP contribution in [0.3, 0.4) is 0 Å². The zero-order valence-electron chi connectivity index (χ0n) is 21.5. The Bertz CT molecular complexity index is 1540. The Balaban J connectivity index is 1.45. The first kappa shape index (κ1) is 26.7. The maximum Gasteiger partial charge on any atom is 0.229 e. The molecule has 0 bridgehead atoms. The monoisotopic (exact) mass is 560 g/mol. The van der Waals surface area contributed by atoms with Gasteiger partial charge in [-0.15, -0.1) is 0 Å². The van der Waals surface area contributed by atoms with Gasteiger partial charge in [0.25, 0.3) is 0 Å². The number of halogens is 1. The molecule has 1 unspecified atom stereocenters. The highest BCUT2D eigenvalue weighted by atomic mass is 35.5. The summed E-state index contributed by atoms with van der Waals surface area (Å²) in [7, 11) is -3.35. The third-order valence-corrected chi connectivity index (χ3v) is 7.34. The fraction of sp³-hybridized carbons (Fsp3) is 0.200. The van der Waals surface area contributed by atoms with Crippen LogP contribution in [0.15, 0.2) is 102 Å². The van der Waals surface area contributed by atoms with Crippen molar-refractivity contribution in [2.24, 2.45) is 4.99 Å². The molecular weight excluding hydrogens is 532 g/mol. The van der Waals surface area contributed by atoms with Gasteiger partial charge in [0.1, 0.15) is 24.2 Å². The Morgan fingerprint density at radius 3 is 2.41 bits per heavy atom. The van der Waals surface area contributed by atoms with Gasteiger partial charge in [-0.3, -0.25) is 14.7 Å². The average Bonchev–Trinajstić information content (AvgIpc) is 3.08. The van der Waals surface area contributed by atoms with Gasteiger partial charge >= 0.3 is 0 Å². The average molecular weight is 561 g/mol. The molecule has 1 atom stereocenters. The first-order chi connectivity index (χ1) is 18.8. The largest absolute Gasteiger partial charge is 0.486 e. The van der Waals surface area contributed by atoms with Crippen molar-refractivity contribution >= 4 is 33.1 Å². The Hall–Kier alpha value is -3.88. The number of anilines is 1. The van der Waals surface area contributed by atoms with Crippen LogP contribution in [0.4, 0.5) is 5.69 Å². The number of rotatable bonds is 9. The molecule has 1 N–H and O–H groups in total. The van der Waals surface area contributed by atoms with Gasteiger partial charge < -0.3 is 9.64 Å². The first-order valence-corrected chi connectivity index (χ1v) is 14.9. The highest BCUT2D eigenvalue weighted by Gasteiger charge is 2.25. The van der Waals surface area contributed by atoms with Gasteiger partial charge in [0.15, 0.2) is 0 Å². The number of nitrogens with zero attached hydrogens (tertiary/aromatic N) is 3. The molecule has 0 radical (unpaired) electrons. The fourth-order valence-electron chi connectivity index (χ4n) is 4.57. The van der Waals surface area contributed by atoms with Crippen molar-refractivity contribution in [1.82, 2.24) is 9.88 Å². The lowest BCUT2D eigenvalue weighted by atomic mass is 9.95. The van der Waals surface area contributed by atoms with Crippen LogP contribution >= 0.6 is 11.6 Å². The smallest absolute Gasteiger partial charge is 0.229 e. The van der Waals surface area contributed by atoms with Crippen LogP contribution in [0.2, 0.25) is 5.02 Å². The number of nitrogens with one attached hydrogen (secondary N) is 1. The van der Waals surface area contributed by atoms with E-state index in [0.717, 1.165) is 36.2 Å². The number of sulfonamides is 1. The Morgan fingerprint density at radius 1 is 0.974 bits per heavy atom. The quantitative estimate of drug-likeness (QED) is 0.282. The van der Waals surface area contributed by atoms with Gasteiger partial charge in [0, 0.05) is 36.2 Å². The molecule has 1 aromatic heterocycles. The van der Waals surface area contributed by atoms with E-state index in [1.165, 1.54) is 11.1 Å². The van der Waals surface area contributed by atoms with Crippen molar-refractivity contribution in [2.45, 2.75) is 19.0 Å². The molecule has 0 saturated heterocycles. The third-order valence-electron chi connectivity index (χ3n) is 6.49. The topological polar surface area (TPSA) is 83.9 Å². The number of aliphatic imine (C=N–C) groups is 1. The summed E-state index contributed by atoms with van der Waals surface area (Å²) in [5.41, 5.74) is 5.10. The number of aromatic nitrogens is 1. The summed E-state index contributed by atoms with van der Waals surface area (Å²) in [6.07, 6.45) is 5.58. The molecule has 3 aromatic carbocycles. The summed E-state index contributed by atoms with van der Waals surface area (Å²) in [5.74, 6) is 1.45. The van der Waals surface area contributed by atoms with E-state index in [-0.39, 0.29) is 12.6 Å². The van der Waals surface area contributed by atoms with Gasteiger partial charge in [-0.2, -0.15) is 0 Å². The normalized spacial score (nSPS) is 15.2. The maximum absolute atomic E-state index is 11.5. The lowest BCUT2D eigenvalue weighted by Gasteiger charge is -2.25. The van der Waals surface area contributed by atoms with E-state index in [4.69, 9.17) is 21.3 Å². The molecule has 0 fully saturated rings. The van der Waals surface area contributed by atoms with E-state index in [1.54, 1.807) is 24.3 Å². The van der Waals surface area contributed by atoms with Crippen LogP contribution in [-0.4, -0.2) is 43.5 Å². The molecule has 1 aliphatic heterocycles. The van der Waals surface area contributed by atoms with E-state index >= 15 is 0 Å². The SMILES string of the molecule is CS(=O)(=O)Nc1ccc(OCC2=NC(c3ccc(Cl)cc3)c3ccccc3CN2CCc2ccncc2)cc1. The van der Waals surface area contributed by atoms with Crippen LogP contribution in [0, 0.1) is 0 Å². The lowest BCUT2D eigenvalue weighted by molar-refractivity contribution is 0.332. The van der Waals surface area contributed by atoms with E-state index in [2.05, 4.69) is 32.8 Å². The number of pyridine rings is 1. The zero-order chi connectivity index (χ0) is 27.2. The van der Waals surface area contributed by atoms with Crippen molar-refractivity contribution in [3.63, 3.8) is 0 Å². The van der Waals surface area contributed by atoms with Crippen molar-refractivity contribution in [2.75, 3.05) is 24.1 Å². The highest BCUT2D eigenvalue weighted by molar-refractivity contribution is 7.92. The molecule has 4 aromatic rings. The number of amidine groups is 1. The molecule has 0 amide bonds. The Labute approximate surface area is 234 Å². The third kappa shape index (κ3) is 7.16. The number of fused-ring (bicyclic) bond motifs is 1. The number of ether oxygens (including phenoxy) is 1. The summed E-state index contributed by atoms with van der Waals surface area (Å²) in [4.78, 5) is 11.7. The van der Waals surface area contributed by atoms with Gasteiger partial charge in [0.2, 0.25) is 10.0 Å². The molecule has 9 heteroatoms. The van der Waals surface area contributed by atoms with Crippen LogP contribution in [0.25, 0.3) is 0 Å². The van der Waals surface area contributed by atoms with Crippen LogP contribution in [0.5, 0.6) is 5.75 Å². The van der Waals surface area contributed by atoms with Crippen LogP contribution in [-0.2, 0) is 23.0 Å². The molecule has 0 aliphatic carbocycles. The second-order valence-electron chi connectivity index (χ2n) is 9.41. The molecule has 0 spiro atoms. The highest BCUT2D eigenvalue weighted by Crippen LogP contribution is 2.33. The van der Waals surface area contributed by atoms with Gasteiger partial charge in [0.05, 0.1) is 6.26 Å². The Kier molecular flexibility index (Phi) is 8.14. The minimum absolute atomic E-state index is 0.204. The first-order valence-electron chi connectivity index (χ1n) is 12.6. The molecule has 0 saturated carbocycles. The van der Waals surface area contributed by atoms with E-state index in [0.29, 0.717) is 23.0 Å². The zero-order valence-corrected chi connectivity index (χ0v) is 23.1. The van der Waals surface area contributed by atoms with Crippen LogP contribution < -0.4 is 9.46 Å². The second-order valence-corrected chi connectivity index (χ2v) is 11.6. The molecular formula is C30H29ClN4O3S. The lowest BCUT2D eigenvalue weighted by Crippen LogP contribution is -2.35. The minimum Gasteiger partial charge on any atom is -0.486 e. The molecule has 2 heterocycles. The Morgan fingerprint density at radius 2 is 1.69 bits per heavy atom. The summed E-state index contributed by atoms with van der Waals surface area (Å²) in [5, 5.41) is 0.681. The molecule has 7 nitrogen and oxygen atoms in total. The van der Waals surface area contributed by atoms with Crippen molar-refractivity contribution in [3.8, 4) is 5.75 Å². The molecule has 200 valence electrons. The van der Waals surface area contributed by atoms with Crippen molar-refractivity contribution < 1.29 is 13.2 Å². The summed E-state index contributed by atoms with van der Waals surface area (Å²) in [6, 6.07) is 26.9. The van der Waals surface area contributed by atoms with Crippen molar-refractivity contribution in [1.29, 1.82) is 0 Å². The predicted octanol–water partition coefficient (Wildman–Crippen LogP) is 5.73.